The van der Waals surface area contributed by atoms with Gasteiger partial charge in [-0.3, -0.25) is 4.68 Å². The molecule has 0 aliphatic carbocycles. The van der Waals surface area contributed by atoms with Gasteiger partial charge in [0.25, 0.3) is 0 Å². The molecule has 7 rings (SSSR count). The van der Waals surface area contributed by atoms with Gasteiger partial charge in [-0.25, -0.2) is 4.98 Å². The van der Waals surface area contributed by atoms with Crippen molar-refractivity contribution in [2.75, 3.05) is 0 Å². The quantitative estimate of drug-likeness (QED) is 0.108. The van der Waals surface area contributed by atoms with Crippen molar-refractivity contribution in [3.63, 3.8) is 0 Å². The first kappa shape index (κ1) is 37.3. The molecule has 0 radical (unpaired) electrons. The molecule has 2 unspecified atom stereocenters. The van der Waals surface area contributed by atoms with Crippen LogP contribution in [0.2, 0.25) is 0 Å². The Morgan fingerprint density at radius 3 is 2.25 bits per heavy atom. The molecule has 2 atom stereocenters. The van der Waals surface area contributed by atoms with E-state index in [1.807, 2.05) is 41.3 Å². The van der Waals surface area contributed by atoms with E-state index in [0.717, 1.165) is 77.4 Å². The Labute approximate surface area is 323 Å². The molecule has 0 spiro atoms. The second-order valence-electron chi connectivity index (χ2n) is 14.3. The normalized spacial score (nSPS) is 12.6. The van der Waals surface area contributed by atoms with E-state index in [0.29, 0.717) is 23.3 Å². The first-order chi connectivity index (χ1) is 24.8. The maximum atomic E-state index is 6.47. The van der Waals surface area contributed by atoms with Crippen LogP contribution in [0.5, 0.6) is 11.5 Å². The van der Waals surface area contributed by atoms with Crippen molar-refractivity contribution in [1.82, 2.24) is 19.3 Å². The molecule has 0 amide bonds. The Morgan fingerprint density at radius 1 is 0.788 bits per heavy atom. The van der Waals surface area contributed by atoms with Gasteiger partial charge in [-0.1, -0.05) is 95.3 Å². The zero-order valence-corrected chi connectivity index (χ0v) is 33.4. The smallest absolute Gasteiger partial charge is 0.509 e. The first-order valence-corrected chi connectivity index (χ1v) is 18.6. The zero-order valence-electron chi connectivity index (χ0n) is 31.1. The minimum atomic E-state index is 0. The zero-order chi connectivity index (χ0) is 35.5. The molecule has 3 heterocycles. The Morgan fingerprint density at radius 2 is 1.52 bits per heavy atom. The van der Waals surface area contributed by atoms with E-state index in [9.17, 15) is 0 Å². The number of para-hydroxylation sites is 1. The van der Waals surface area contributed by atoms with Crippen LogP contribution >= 0.6 is 0 Å². The summed E-state index contributed by atoms with van der Waals surface area (Å²) in [6.07, 6.45) is 12.6. The maximum absolute atomic E-state index is 6.47. The summed E-state index contributed by atoms with van der Waals surface area (Å²) in [6, 6.07) is 34.6. The molecule has 7 aromatic rings. The van der Waals surface area contributed by atoms with Crippen LogP contribution in [0.3, 0.4) is 0 Å². The van der Waals surface area contributed by atoms with E-state index in [2.05, 4.69) is 119 Å². The van der Waals surface area contributed by atoms with Gasteiger partial charge in [-0.2, -0.15) is 17.2 Å². The maximum Gasteiger partial charge on any atom is 2.00 e. The van der Waals surface area contributed by atoms with Crippen molar-refractivity contribution in [2.24, 2.45) is 11.8 Å². The third kappa shape index (κ3) is 7.81. The van der Waals surface area contributed by atoms with Crippen molar-refractivity contribution in [1.29, 1.82) is 0 Å². The summed E-state index contributed by atoms with van der Waals surface area (Å²) < 4.78 is 10.6. The fraction of sp³-hybridized carbons (Fsp3) is 0.304. The van der Waals surface area contributed by atoms with E-state index < -0.39 is 0 Å². The summed E-state index contributed by atoms with van der Waals surface area (Å²) in [5.74, 6) is 3.33. The summed E-state index contributed by atoms with van der Waals surface area (Å²) >= 11 is 0. The molecule has 0 saturated heterocycles. The van der Waals surface area contributed by atoms with Crippen molar-refractivity contribution in [3.8, 4) is 34.1 Å². The van der Waals surface area contributed by atoms with Crippen LogP contribution in [0.4, 0.5) is 0 Å². The van der Waals surface area contributed by atoms with Gasteiger partial charge in [0.2, 0.25) is 0 Å². The monoisotopic (exact) mass is 867 g/mol. The summed E-state index contributed by atoms with van der Waals surface area (Å²) in [5.41, 5.74) is 10.8. The summed E-state index contributed by atoms with van der Waals surface area (Å²) in [7, 11) is 0. The Hall–Kier alpha value is -4.47. The van der Waals surface area contributed by atoms with Gasteiger partial charge >= 0.3 is 21.1 Å². The fourth-order valence-electron chi connectivity index (χ4n) is 7.20. The Balaban J connectivity index is 0.00000464. The number of rotatable bonds is 13. The van der Waals surface area contributed by atoms with Crippen molar-refractivity contribution in [3.05, 3.63) is 132 Å². The van der Waals surface area contributed by atoms with E-state index >= 15 is 0 Å². The van der Waals surface area contributed by atoms with Gasteiger partial charge in [0, 0.05) is 35.0 Å². The number of pyridine rings is 1. The van der Waals surface area contributed by atoms with E-state index in [1.54, 1.807) is 0 Å². The standard InChI is InChI=1S/C46H48N4O.Pt/c1-7-13-34-20-21-47-45(26-34)50-43-17-11-10-16-41(43)42-19-18-40(28-44(42)50)51-39-15-12-14-38(27-39)49-30-37(29-48-49)46-35(22-31(4)8-2)24-33(6)25-36(46)23-32(5)9-3;/h10-12,14-21,24-26,29-32H,7-9,13,22-23H2,1-6H3;/q-2;+2. The number of hydrogen-bond donors (Lipinski definition) is 0. The number of aromatic nitrogens is 4. The third-order valence-electron chi connectivity index (χ3n) is 10.2. The van der Waals surface area contributed by atoms with Gasteiger partial charge in [0.05, 0.1) is 6.20 Å². The predicted molar refractivity (Wildman–Crippen MR) is 210 cm³/mol. The minimum absolute atomic E-state index is 0. The molecule has 0 aliphatic rings. The number of hydrogen-bond acceptors (Lipinski definition) is 3. The van der Waals surface area contributed by atoms with E-state index in [1.165, 1.54) is 27.8 Å². The van der Waals surface area contributed by atoms with Gasteiger partial charge in [0.1, 0.15) is 5.82 Å². The van der Waals surface area contributed by atoms with Gasteiger partial charge in [-0.05, 0) is 89.5 Å². The number of ether oxygens (including phenoxy) is 1. The SMILES string of the molecule is CCCc1ccnc(-n2c3[c-]c(Oc4[c-]c(-n5cc(-c6c(CC(C)CC)cc(C)cc6CC(C)CC)cn5)ccc4)ccc3c3ccccc32)c1.[Pt+2]. The summed E-state index contributed by atoms with van der Waals surface area (Å²) in [6.45, 7) is 13.7. The molecule has 0 fully saturated rings. The van der Waals surface area contributed by atoms with Crippen LogP contribution in [0.15, 0.2) is 97.5 Å². The number of benzene rings is 4. The molecular formula is C46H48N4OPt. The largest absolute Gasteiger partial charge is 2.00 e. The molecule has 0 bridgehead atoms. The van der Waals surface area contributed by atoms with Crippen molar-refractivity contribution >= 4 is 21.8 Å². The summed E-state index contributed by atoms with van der Waals surface area (Å²) in [5, 5.41) is 7.13. The molecule has 0 saturated carbocycles. The van der Waals surface area contributed by atoms with E-state index in [-0.39, 0.29) is 21.1 Å². The Kier molecular flexibility index (Phi) is 11.8. The molecule has 6 heteroatoms. The number of nitrogens with zero attached hydrogens (tertiary/aromatic N) is 4. The van der Waals surface area contributed by atoms with Crippen LogP contribution < -0.4 is 4.74 Å². The molecule has 5 nitrogen and oxygen atoms in total. The fourth-order valence-corrected chi connectivity index (χ4v) is 7.20. The molecule has 4 aromatic carbocycles. The Bertz CT molecular complexity index is 2270. The molecular weight excluding hydrogens is 820 g/mol. The van der Waals surface area contributed by atoms with Crippen LogP contribution in [0.1, 0.15) is 76.1 Å². The summed E-state index contributed by atoms with van der Waals surface area (Å²) in [4.78, 5) is 4.78. The van der Waals surface area contributed by atoms with Crippen molar-refractivity contribution in [2.45, 2.75) is 80.1 Å². The van der Waals surface area contributed by atoms with Gasteiger partial charge in [-0.15, -0.1) is 35.7 Å². The predicted octanol–water partition coefficient (Wildman–Crippen LogP) is 11.9. The third-order valence-corrected chi connectivity index (χ3v) is 10.2. The molecule has 0 N–H and O–H groups in total. The van der Waals surface area contributed by atoms with Crippen molar-refractivity contribution < 1.29 is 25.8 Å². The molecule has 268 valence electrons. The van der Waals surface area contributed by atoms with Gasteiger partial charge in [0.15, 0.2) is 0 Å². The number of aryl methyl sites for hydroxylation is 2. The topological polar surface area (TPSA) is 44.9 Å². The molecule has 3 aromatic heterocycles. The van der Waals surface area contributed by atoms with Gasteiger partial charge < -0.3 is 9.30 Å². The average molecular weight is 868 g/mol. The molecule has 52 heavy (non-hydrogen) atoms. The van der Waals surface area contributed by atoms with Crippen LogP contribution in [-0.4, -0.2) is 19.3 Å². The second-order valence-corrected chi connectivity index (χ2v) is 14.3. The minimum Gasteiger partial charge on any atom is -0.509 e. The molecule has 0 aliphatic heterocycles. The second kappa shape index (κ2) is 16.5. The first-order valence-electron chi connectivity index (χ1n) is 18.6. The van der Waals surface area contributed by atoms with Crippen LogP contribution in [0.25, 0.3) is 44.4 Å². The average Bonchev–Trinajstić information content (AvgIpc) is 3.75. The van der Waals surface area contributed by atoms with E-state index in [4.69, 9.17) is 14.8 Å². The van der Waals surface area contributed by atoms with Crippen LogP contribution in [0, 0.1) is 30.9 Å². The van der Waals surface area contributed by atoms with Crippen LogP contribution in [-0.2, 0) is 40.3 Å². The number of fused-ring (bicyclic) bond motifs is 3.